The maximum Gasteiger partial charge on any atom is 0.147 e. The molecule has 0 aliphatic rings. The molecule has 0 bridgehead atoms. The van der Waals surface area contributed by atoms with Crippen molar-refractivity contribution in [1.29, 1.82) is 0 Å². The number of nitrogens with zero attached hydrogens (tertiary/aromatic N) is 2. The first-order valence-corrected chi connectivity index (χ1v) is 7.55. The molecule has 1 heterocycles. The van der Waals surface area contributed by atoms with Crippen molar-refractivity contribution in [2.45, 2.75) is 13.3 Å². The second-order valence-electron chi connectivity index (χ2n) is 3.73. The smallest absolute Gasteiger partial charge is 0.147 e. The van der Waals surface area contributed by atoms with E-state index in [-0.39, 0.29) is 5.75 Å². The molecule has 0 spiro atoms. The van der Waals surface area contributed by atoms with Crippen LogP contribution in [0.2, 0.25) is 0 Å². The first kappa shape index (κ1) is 13.7. The molecule has 7 heteroatoms. The van der Waals surface area contributed by atoms with Crippen molar-refractivity contribution < 1.29 is 8.42 Å². The summed E-state index contributed by atoms with van der Waals surface area (Å²) in [5.41, 5.74) is 0. The number of nitrogens with one attached hydrogen (secondary N) is 2. The number of hydrogen-bond donors (Lipinski definition) is 2. The molecule has 1 rings (SSSR count). The van der Waals surface area contributed by atoms with Gasteiger partial charge in [-0.1, -0.05) is 0 Å². The standard InChI is InChI=1S/C10H18N4O2S/c1-3-11-9-7-10(14-8-13-9)12-5-4-6-17(2,15)16/h7-8H,3-6H2,1-2H3,(H2,11,12,13,14). The predicted octanol–water partition coefficient (Wildman–Crippen LogP) is 0.755. The molecule has 96 valence electrons. The summed E-state index contributed by atoms with van der Waals surface area (Å²) < 4.78 is 21.8. The highest BCUT2D eigenvalue weighted by atomic mass is 32.2. The molecule has 1 aromatic rings. The van der Waals surface area contributed by atoms with Crippen molar-refractivity contribution >= 4 is 21.5 Å². The van der Waals surface area contributed by atoms with Gasteiger partial charge >= 0.3 is 0 Å². The molecule has 0 atom stereocenters. The van der Waals surface area contributed by atoms with E-state index >= 15 is 0 Å². The van der Waals surface area contributed by atoms with E-state index in [1.54, 1.807) is 6.07 Å². The van der Waals surface area contributed by atoms with Crippen LogP contribution in [0.1, 0.15) is 13.3 Å². The third-order valence-electron chi connectivity index (χ3n) is 2.02. The fraction of sp³-hybridized carbons (Fsp3) is 0.600. The second kappa shape index (κ2) is 6.39. The largest absolute Gasteiger partial charge is 0.370 e. The molecule has 0 aromatic carbocycles. The third-order valence-corrected chi connectivity index (χ3v) is 3.05. The monoisotopic (exact) mass is 258 g/mol. The van der Waals surface area contributed by atoms with Gasteiger partial charge in [0.15, 0.2) is 0 Å². The molecule has 17 heavy (non-hydrogen) atoms. The highest BCUT2D eigenvalue weighted by Gasteiger charge is 2.02. The second-order valence-corrected chi connectivity index (χ2v) is 5.99. The van der Waals surface area contributed by atoms with Gasteiger partial charge in [0.1, 0.15) is 27.8 Å². The molecule has 0 aliphatic heterocycles. The van der Waals surface area contributed by atoms with E-state index in [1.807, 2.05) is 6.92 Å². The van der Waals surface area contributed by atoms with E-state index in [0.29, 0.717) is 18.8 Å². The summed E-state index contributed by atoms with van der Waals surface area (Å²) in [6, 6.07) is 1.80. The Labute approximate surface area is 102 Å². The zero-order chi connectivity index (χ0) is 12.7. The Morgan fingerprint density at radius 3 is 2.47 bits per heavy atom. The maximum atomic E-state index is 10.9. The Kier molecular flexibility index (Phi) is 5.14. The molecule has 6 nitrogen and oxygen atoms in total. The Morgan fingerprint density at radius 1 is 1.24 bits per heavy atom. The van der Waals surface area contributed by atoms with Crippen LogP contribution in [0.3, 0.4) is 0 Å². The molecule has 0 radical (unpaired) electrons. The topological polar surface area (TPSA) is 84.0 Å². The van der Waals surface area contributed by atoms with Crippen LogP contribution in [0.4, 0.5) is 11.6 Å². The van der Waals surface area contributed by atoms with E-state index < -0.39 is 9.84 Å². The SMILES string of the molecule is CCNc1cc(NCCCS(C)(=O)=O)ncn1. The number of rotatable bonds is 7. The van der Waals surface area contributed by atoms with Crippen LogP contribution in [0, 0.1) is 0 Å². The van der Waals surface area contributed by atoms with Gasteiger partial charge in [0, 0.05) is 25.4 Å². The van der Waals surface area contributed by atoms with Gasteiger partial charge in [-0.2, -0.15) is 0 Å². The fourth-order valence-electron chi connectivity index (χ4n) is 1.28. The zero-order valence-corrected chi connectivity index (χ0v) is 10.9. The van der Waals surface area contributed by atoms with Crippen LogP contribution in [-0.4, -0.2) is 43.5 Å². The van der Waals surface area contributed by atoms with Crippen molar-refractivity contribution in [2.75, 3.05) is 35.7 Å². The minimum Gasteiger partial charge on any atom is -0.370 e. The number of aromatic nitrogens is 2. The molecule has 0 fully saturated rings. The molecule has 0 saturated heterocycles. The molecular weight excluding hydrogens is 240 g/mol. The van der Waals surface area contributed by atoms with Crippen LogP contribution >= 0.6 is 0 Å². The van der Waals surface area contributed by atoms with Crippen LogP contribution in [0.5, 0.6) is 0 Å². The van der Waals surface area contributed by atoms with Crippen LogP contribution < -0.4 is 10.6 Å². The minimum atomic E-state index is -2.88. The normalized spacial score (nSPS) is 11.2. The summed E-state index contributed by atoms with van der Waals surface area (Å²) >= 11 is 0. The first-order chi connectivity index (χ1) is 8.01. The average Bonchev–Trinajstić information content (AvgIpc) is 2.24. The molecule has 0 aliphatic carbocycles. The Bertz CT molecular complexity index is 447. The zero-order valence-electron chi connectivity index (χ0n) is 10.1. The van der Waals surface area contributed by atoms with Gasteiger partial charge < -0.3 is 10.6 Å². The van der Waals surface area contributed by atoms with Gasteiger partial charge in [0.05, 0.1) is 5.75 Å². The lowest BCUT2D eigenvalue weighted by molar-refractivity contribution is 0.600. The van der Waals surface area contributed by atoms with Crippen LogP contribution in [0.15, 0.2) is 12.4 Å². The first-order valence-electron chi connectivity index (χ1n) is 5.49. The fourth-order valence-corrected chi connectivity index (χ4v) is 1.95. The predicted molar refractivity (Wildman–Crippen MR) is 69.0 cm³/mol. The van der Waals surface area contributed by atoms with E-state index in [2.05, 4.69) is 20.6 Å². The van der Waals surface area contributed by atoms with Gasteiger partial charge in [-0.25, -0.2) is 18.4 Å². The lowest BCUT2D eigenvalue weighted by Crippen LogP contribution is -2.11. The molecule has 0 saturated carbocycles. The van der Waals surface area contributed by atoms with E-state index in [9.17, 15) is 8.42 Å². The van der Waals surface area contributed by atoms with Crippen molar-refractivity contribution in [2.24, 2.45) is 0 Å². The van der Waals surface area contributed by atoms with Gasteiger partial charge in [0.2, 0.25) is 0 Å². The Hall–Kier alpha value is -1.37. The quantitative estimate of drug-likeness (QED) is 0.702. The van der Waals surface area contributed by atoms with E-state index in [1.165, 1.54) is 12.6 Å². The summed E-state index contributed by atoms with van der Waals surface area (Å²) in [5.74, 6) is 1.64. The maximum absolute atomic E-state index is 10.9. The van der Waals surface area contributed by atoms with Crippen molar-refractivity contribution in [3.05, 3.63) is 12.4 Å². The van der Waals surface area contributed by atoms with Crippen molar-refractivity contribution in [3.8, 4) is 0 Å². The molecule has 0 amide bonds. The Morgan fingerprint density at radius 2 is 1.88 bits per heavy atom. The van der Waals surface area contributed by atoms with Crippen molar-refractivity contribution in [3.63, 3.8) is 0 Å². The lowest BCUT2D eigenvalue weighted by atomic mass is 10.4. The van der Waals surface area contributed by atoms with Gasteiger partial charge in [-0.05, 0) is 13.3 Å². The summed E-state index contributed by atoms with van der Waals surface area (Å²) in [6.45, 7) is 3.36. The molecular formula is C10H18N4O2S. The molecule has 0 unspecified atom stereocenters. The van der Waals surface area contributed by atoms with Gasteiger partial charge in [-0.3, -0.25) is 0 Å². The van der Waals surface area contributed by atoms with Crippen molar-refractivity contribution in [1.82, 2.24) is 9.97 Å². The van der Waals surface area contributed by atoms with E-state index in [0.717, 1.165) is 12.4 Å². The third kappa shape index (κ3) is 6.06. The Balaban J connectivity index is 2.38. The summed E-state index contributed by atoms with van der Waals surface area (Å²) in [6.07, 6.45) is 3.28. The summed E-state index contributed by atoms with van der Waals surface area (Å²) in [4.78, 5) is 8.08. The summed E-state index contributed by atoms with van der Waals surface area (Å²) in [7, 11) is -2.88. The van der Waals surface area contributed by atoms with Gasteiger partial charge in [-0.15, -0.1) is 0 Å². The highest BCUT2D eigenvalue weighted by molar-refractivity contribution is 7.90. The number of anilines is 2. The van der Waals surface area contributed by atoms with Crippen LogP contribution in [-0.2, 0) is 9.84 Å². The average molecular weight is 258 g/mol. The lowest BCUT2D eigenvalue weighted by Gasteiger charge is -2.06. The van der Waals surface area contributed by atoms with Gasteiger partial charge in [0.25, 0.3) is 0 Å². The molecule has 2 N–H and O–H groups in total. The number of hydrogen-bond acceptors (Lipinski definition) is 6. The van der Waals surface area contributed by atoms with E-state index in [4.69, 9.17) is 0 Å². The summed E-state index contributed by atoms with van der Waals surface area (Å²) in [5, 5.41) is 6.14. The molecule has 1 aromatic heterocycles. The van der Waals surface area contributed by atoms with Crippen LogP contribution in [0.25, 0.3) is 0 Å². The minimum absolute atomic E-state index is 0.186. The highest BCUT2D eigenvalue weighted by Crippen LogP contribution is 2.07. The number of sulfone groups is 1.